The van der Waals surface area contributed by atoms with E-state index >= 15 is 0 Å². The molecule has 0 amide bonds. The molecule has 0 radical (unpaired) electrons. The Morgan fingerprint density at radius 1 is 1.40 bits per heavy atom. The molecule has 4 heteroatoms. The van der Waals surface area contributed by atoms with E-state index in [2.05, 4.69) is 25.8 Å². The largest absolute Gasteiger partial charge is 0.478 e. The van der Waals surface area contributed by atoms with Crippen molar-refractivity contribution in [2.45, 2.75) is 44.9 Å². The van der Waals surface area contributed by atoms with E-state index in [0.29, 0.717) is 11.7 Å². The Labute approximate surface area is 120 Å². The number of hydrogen-bond donors (Lipinski definition) is 1. The van der Waals surface area contributed by atoms with Crippen LogP contribution in [0.3, 0.4) is 0 Å². The fourth-order valence-corrected chi connectivity index (χ4v) is 2.68. The number of nitrogens with zero attached hydrogens (tertiary/aromatic N) is 1. The molecule has 1 aromatic carbocycles. The van der Waals surface area contributed by atoms with Gasteiger partial charge in [-0.1, -0.05) is 12.1 Å². The summed E-state index contributed by atoms with van der Waals surface area (Å²) in [5.41, 5.74) is 1.46. The molecule has 0 aromatic heterocycles. The quantitative estimate of drug-likeness (QED) is 0.899. The molecule has 1 fully saturated rings. The van der Waals surface area contributed by atoms with Crippen LogP contribution in [0.4, 0.5) is 0 Å². The number of carbonyl (C=O) groups is 1. The first-order chi connectivity index (χ1) is 9.35. The SMILES string of the molecule is CN(Cc1ccc(C(=O)O)cc1)CC1CCC(C)(C)O1. The first-order valence-corrected chi connectivity index (χ1v) is 7.04. The lowest BCUT2D eigenvalue weighted by atomic mass is 10.1. The van der Waals surface area contributed by atoms with Crippen molar-refractivity contribution in [2.75, 3.05) is 13.6 Å². The van der Waals surface area contributed by atoms with Crippen molar-refractivity contribution >= 4 is 5.97 Å². The van der Waals surface area contributed by atoms with Crippen molar-refractivity contribution in [3.05, 3.63) is 35.4 Å². The summed E-state index contributed by atoms with van der Waals surface area (Å²) < 4.78 is 5.99. The highest BCUT2D eigenvalue weighted by molar-refractivity contribution is 5.87. The van der Waals surface area contributed by atoms with Gasteiger partial charge in [-0.2, -0.15) is 0 Å². The van der Waals surface area contributed by atoms with Crippen LogP contribution in [0.2, 0.25) is 0 Å². The Hall–Kier alpha value is -1.39. The zero-order valence-corrected chi connectivity index (χ0v) is 12.4. The maximum Gasteiger partial charge on any atom is 0.335 e. The van der Waals surface area contributed by atoms with Crippen molar-refractivity contribution in [1.82, 2.24) is 4.90 Å². The highest BCUT2D eigenvalue weighted by atomic mass is 16.5. The first kappa shape index (κ1) is 15.0. The summed E-state index contributed by atoms with van der Waals surface area (Å²) in [6.45, 7) is 5.99. The third kappa shape index (κ3) is 4.05. The first-order valence-electron chi connectivity index (χ1n) is 7.04. The van der Waals surface area contributed by atoms with E-state index < -0.39 is 5.97 Å². The molecule has 0 spiro atoms. The predicted molar refractivity (Wildman–Crippen MR) is 77.9 cm³/mol. The molecule has 1 saturated heterocycles. The van der Waals surface area contributed by atoms with E-state index in [1.165, 1.54) is 0 Å². The van der Waals surface area contributed by atoms with Gasteiger partial charge in [0, 0.05) is 13.1 Å². The number of hydrogen-bond acceptors (Lipinski definition) is 3. The fraction of sp³-hybridized carbons (Fsp3) is 0.562. The van der Waals surface area contributed by atoms with Crippen LogP contribution in [0.25, 0.3) is 0 Å². The van der Waals surface area contributed by atoms with Crippen LogP contribution in [0.1, 0.15) is 42.6 Å². The van der Waals surface area contributed by atoms with E-state index in [1.54, 1.807) is 12.1 Å². The summed E-state index contributed by atoms with van der Waals surface area (Å²) >= 11 is 0. The third-order valence-corrected chi connectivity index (χ3v) is 3.72. The van der Waals surface area contributed by atoms with Crippen LogP contribution in [0, 0.1) is 0 Å². The molecule has 110 valence electrons. The Kier molecular flexibility index (Phi) is 4.45. The normalized spacial score (nSPS) is 21.3. The Balaban J connectivity index is 1.85. The minimum atomic E-state index is -0.883. The summed E-state index contributed by atoms with van der Waals surface area (Å²) in [7, 11) is 2.07. The van der Waals surface area contributed by atoms with Gasteiger partial charge in [-0.3, -0.25) is 4.90 Å². The van der Waals surface area contributed by atoms with Crippen LogP contribution in [0.15, 0.2) is 24.3 Å². The van der Waals surface area contributed by atoms with Crippen molar-refractivity contribution < 1.29 is 14.6 Å². The Morgan fingerprint density at radius 2 is 2.05 bits per heavy atom. The van der Waals surface area contributed by atoms with Gasteiger partial charge in [-0.05, 0) is 51.4 Å². The molecule has 1 aromatic rings. The van der Waals surface area contributed by atoms with Crippen LogP contribution < -0.4 is 0 Å². The standard InChI is InChI=1S/C16H23NO3/c1-16(2)9-8-14(20-16)11-17(3)10-12-4-6-13(7-5-12)15(18)19/h4-7,14H,8-11H2,1-3H3,(H,18,19). The molecule has 1 N–H and O–H groups in total. The number of rotatable bonds is 5. The Morgan fingerprint density at radius 3 is 2.55 bits per heavy atom. The lowest BCUT2D eigenvalue weighted by Gasteiger charge is -2.23. The molecular formula is C16H23NO3. The summed E-state index contributed by atoms with van der Waals surface area (Å²) in [5.74, 6) is -0.883. The van der Waals surface area contributed by atoms with Gasteiger partial charge >= 0.3 is 5.97 Å². The molecular weight excluding hydrogens is 254 g/mol. The van der Waals surface area contributed by atoms with Crippen molar-refractivity contribution in [3.8, 4) is 0 Å². The van der Waals surface area contributed by atoms with E-state index in [9.17, 15) is 4.79 Å². The van der Waals surface area contributed by atoms with Gasteiger partial charge in [0.15, 0.2) is 0 Å². The van der Waals surface area contributed by atoms with Gasteiger partial charge < -0.3 is 9.84 Å². The maximum absolute atomic E-state index is 10.8. The lowest BCUT2D eigenvalue weighted by Crippen LogP contribution is -2.30. The topological polar surface area (TPSA) is 49.8 Å². The van der Waals surface area contributed by atoms with Gasteiger partial charge in [0.1, 0.15) is 0 Å². The predicted octanol–water partition coefficient (Wildman–Crippen LogP) is 2.77. The Bertz CT molecular complexity index is 467. The van der Waals surface area contributed by atoms with Crippen molar-refractivity contribution in [2.24, 2.45) is 0 Å². The number of ether oxygens (including phenoxy) is 1. The summed E-state index contributed by atoms with van der Waals surface area (Å²) in [5, 5.41) is 8.87. The van der Waals surface area contributed by atoms with Crippen LogP contribution in [-0.4, -0.2) is 41.3 Å². The molecule has 20 heavy (non-hydrogen) atoms. The molecule has 1 heterocycles. The zero-order chi connectivity index (χ0) is 14.8. The van der Waals surface area contributed by atoms with E-state index in [1.807, 2.05) is 12.1 Å². The fourth-order valence-electron chi connectivity index (χ4n) is 2.68. The van der Waals surface area contributed by atoms with Crippen LogP contribution >= 0.6 is 0 Å². The van der Waals surface area contributed by atoms with Gasteiger partial charge in [0.05, 0.1) is 17.3 Å². The number of likely N-dealkylation sites (N-methyl/N-ethyl adjacent to an activating group) is 1. The number of benzene rings is 1. The maximum atomic E-state index is 10.8. The lowest BCUT2D eigenvalue weighted by molar-refractivity contribution is -0.0267. The third-order valence-electron chi connectivity index (χ3n) is 3.72. The molecule has 1 aliphatic heterocycles. The van der Waals surface area contributed by atoms with Crippen LogP contribution in [0.5, 0.6) is 0 Å². The minimum Gasteiger partial charge on any atom is -0.478 e. The molecule has 0 saturated carbocycles. The number of carboxylic acids is 1. The molecule has 4 nitrogen and oxygen atoms in total. The second-order valence-electron chi connectivity index (χ2n) is 6.24. The highest BCUT2D eigenvalue weighted by Crippen LogP contribution is 2.29. The van der Waals surface area contributed by atoms with Gasteiger partial charge in [0.25, 0.3) is 0 Å². The number of aromatic carboxylic acids is 1. The van der Waals surface area contributed by atoms with Crippen molar-refractivity contribution in [1.29, 1.82) is 0 Å². The smallest absolute Gasteiger partial charge is 0.335 e. The summed E-state index contributed by atoms with van der Waals surface area (Å²) in [4.78, 5) is 13.0. The van der Waals surface area contributed by atoms with E-state index in [0.717, 1.165) is 31.5 Å². The molecule has 1 unspecified atom stereocenters. The van der Waals surface area contributed by atoms with E-state index in [-0.39, 0.29) is 5.60 Å². The molecule has 1 atom stereocenters. The average Bonchev–Trinajstić information content (AvgIpc) is 2.69. The summed E-state index contributed by atoms with van der Waals surface area (Å²) in [6, 6.07) is 7.06. The van der Waals surface area contributed by atoms with Gasteiger partial charge in [0.2, 0.25) is 0 Å². The van der Waals surface area contributed by atoms with Gasteiger partial charge in [-0.25, -0.2) is 4.79 Å². The highest BCUT2D eigenvalue weighted by Gasteiger charge is 2.31. The second-order valence-corrected chi connectivity index (χ2v) is 6.24. The average molecular weight is 277 g/mol. The second kappa shape index (κ2) is 5.94. The molecule has 1 aliphatic rings. The molecule has 0 bridgehead atoms. The molecule has 2 rings (SSSR count). The number of carboxylic acid groups (broad SMARTS) is 1. The van der Waals surface area contributed by atoms with Gasteiger partial charge in [-0.15, -0.1) is 0 Å². The van der Waals surface area contributed by atoms with E-state index in [4.69, 9.17) is 9.84 Å². The summed E-state index contributed by atoms with van der Waals surface area (Å²) in [6.07, 6.45) is 2.52. The zero-order valence-electron chi connectivity index (χ0n) is 12.4. The minimum absolute atomic E-state index is 0.00857. The van der Waals surface area contributed by atoms with Crippen LogP contribution in [-0.2, 0) is 11.3 Å². The van der Waals surface area contributed by atoms with Crippen molar-refractivity contribution in [3.63, 3.8) is 0 Å². The molecule has 0 aliphatic carbocycles. The monoisotopic (exact) mass is 277 g/mol.